The number of rotatable bonds is 3. The van der Waals surface area contributed by atoms with Crippen molar-refractivity contribution in [3.8, 4) is 0 Å². The van der Waals surface area contributed by atoms with E-state index in [1.54, 1.807) is 0 Å². The Morgan fingerprint density at radius 3 is 2.78 bits per heavy atom. The Morgan fingerprint density at radius 2 is 2.17 bits per heavy atom. The van der Waals surface area contributed by atoms with E-state index >= 15 is 0 Å². The molecule has 0 amide bonds. The number of aromatic nitrogens is 1. The zero-order valence-electron chi connectivity index (χ0n) is 10.6. The Labute approximate surface area is 108 Å². The van der Waals surface area contributed by atoms with Gasteiger partial charge in [-0.25, -0.2) is 9.19 Å². The second kappa shape index (κ2) is 4.70. The van der Waals surface area contributed by atoms with Crippen molar-refractivity contribution in [3.63, 3.8) is 0 Å². The lowest BCUT2D eigenvalue weighted by atomic mass is 9.85. The van der Waals surface area contributed by atoms with Crippen molar-refractivity contribution in [2.45, 2.75) is 26.2 Å². The maximum atomic E-state index is 10.8. The lowest BCUT2D eigenvalue weighted by Crippen LogP contribution is -2.16. The lowest BCUT2D eigenvalue weighted by Gasteiger charge is -2.23. The first kappa shape index (κ1) is 13.0. The van der Waals surface area contributed by atoms with Crippen LogP contribution in [0, 0.1) is 0 Å². The van der Waals surface area contributed by atoms with Gasteiger partial charge in [-0.1, -0.05) is 20.8 Å². The lowest BCUT2D eigenvalue weighted by molar-refractivity contribution is 0.565. The van der Waals surface area contributed by atoms with Crippen LogP contribution in [0.15, 0.2) is 22.9 Å². The van der Waals surface area contributed by atoms with Gasteiger partial charge in [0.15, 0.2) is 23.1 Å². The van der Waals surface area contributed by atoms with Crippen molar-refractivity contribution in [1.29, 1.82) is 0 Å². The minimum Gasteiger partial charge on any atom is -0.443 e. The van der Waals surface area contributed by atoms with E-state index in [2.05, 4.69) is 31.1 Å². The minimum atomic E-state index is -1.88. The van der Waals surface area contributed by atoms with Crippen LogP contribution in [-0.2, 0) is 16.5 Å². The summed E-state index contributed by atoms with van der Waals surface area (Å²) in [6, 6.07) is 3.76. The second-order valence-corrected chi connectivity index (χ2v) is 6.04. The molecule has 5 nitrogen and oxygen atoms in total. The number of fused-ring (bicyclic) bond motifs is 1. The highest BCUT2D eigenvalue weighted by molar-refractivity contribution is 7.79. The third kappa shape index (κ3) is 2.70. The summed E-state index contributed by atoms with van der Waals surface area (Å²) in [5.41, 5.74) is 3.19. The molecule has 6 heteroatoms. The average Bonchev–Trinajstić information content (AvgIpc) is 2.70. The van der Waals surface area contributed by atoms with E-state index in [1.165, 1.54) is 6.39 Å². The van der Waals surface area contributed by atoms with Crippen molar-refractivity contribution in [3.05, 3.63) is 24.1 Å². The van der Waals surface area contributed by atoms with Crippen LogP contribution in [-0.4, -0.2) is 19.6 Å². The number of hydrogen-bond donors (Lipinski definition) is 2. The number of oxazole rings is 1. The Kier molecular flexibility index (Phi) is 3.41. The van der Waals surface area contributed by atoms with Gasteiger partial charge in [0.25, 0.3) is 0 Å². The standard InChI is InChI=1S/C12H16N2O3S/c1-12(2,3)8-4-10-11(17-6-13-10)5-9(8)14-7-18(15)16/h4-6,14H,7H2,1-3H3,(H,15,16). The zero-order chi connectivity index (χ0) is 13.3. The molecule has 98 valence electrons. The Morgan fingerprint density at radius 1 is 1.44 bits per heavy atom. The van der Waals surface area contributed by atoms with Crippen LogP contribution in [0.5, 0.6) is 0 Å². The monoisotopic (exact) mass is 268 g/mol. The zero-order valence-corrected chi connectivity index (χ0v) is 11.4. The third-order valence-electron chi connectivity index (χ3n) is 2.66. The van der Waals surface area contributed by atoms with Crippen LogP contribution in [0.2, 0.25) is 0 Å². The number of nitrogens with one attached hydrogen (secondary N) is 1. The smallest absolute Gasteiger partial charge is 0.181 e. The molecule has 0 radical (unpaired) electrons. The summed E-state index contributed by atoms with van der Waals surface area (Å²) < 4.78 is 24.9. The molecule has 2 rings (SSSR count). The molecule has 0 spiro atoms. The summed E-state index contributed by atoms with van der Waals surface area (Å²) >= 11 is -1.88. The van der Waals surface area contributed by atoms with Gasteiger partial charge in [-0.05, 0) is 17.0 Å². The van der Waals surface area contributed by atoms with E-state index in [0.717, 1.165) is 16.8 Å². The van der Waals surface area contributed by atoms with Crippen LogP contribution in [0.1, 0.15) is 26.3 Å². The van der Waals surface area contributed by atoms with E-state index in [4.69, 9.17) is 8.97 Å². The number of benzene rings is 1. The van der Waals surface area contributed by atoms with Crippen LogP contribution >= 0.6 is 0 Å². The maximum absolute atomic E-state index is 10.8. The first-order valence-electron chi connectivity index (χ1n) is 5.57. The molecular weight excluding hydrogens is 252 g/mol. The van der Waals surface area contributed by atoms with Gasteiger partial charge in [0.2, 0.25) is 0 Å². The SMILES string of the molecule is CC(C)(C)c1cc2ncoc2cc1NCS(=O)O. The summed E-state index contributed by atoms with van der Waals surface area (Å²) in [5.74, 6) is -0.0112. The van der Waals surface area contributed by atoms with Crippen molar-refractivity contribution < 1.29 is 13.2 Å². The predicted molar refractivity (Wildman–Crippen MR) is 72.0 cm³/mol. The Balaban J connectivity index is 2.49. The number of hydrogen-bond acceptors (Lipinski definition) is 4. The van der Waals surface area contributed by atoms with Gasteiger partial charge >= 0.3 is 0 Å². The molecule has 0 saturated carbocycles. The van der Waals surface area contributed by atoms with Crippen LogP contribution < -0.4 is 5.32 Å². The summed E-state index contributed by atoms with van der Waals surface area (Å²) in [7, 11) is 0. The predicted octanol–water partition coefficient (Wildman–Crippen LogP) is 2.72. The van der Waals surface area contributed by atoms with E-state index in [9.17, 15) is 4.21 Å². The van der Waals surface area contributed by atoms with E-state index < -0.39 is 11.1 Å². The van der Waals surface area contributed by atoms with Gasteiger partial charge < -0.3 is 14.3 Å². The molecule has 18 heavy (non-hydrogen) atoms. The molecule has 2 N–H and O–H groups in total. The normalized spacial score (nSPS) is 13.8. The highest BCUT2D eigenvalue weighted by atomic mass is 32.2. The molecule has 2 aromatic rings. The summed E-state index contributed by atoms with van der Waals surface area (Å²) in [6.45, 7) is 6.24. The quantitative estimate of drug-likeness (QED) is 0.837. The molecule has 0 aliphatic carbocycles. The maximum Gasteiger partial charge on any atom is 0.181 e. The fourth-order valence-corrected chi connectivity index (χ4v) is 2.09. The first-order valence-corrected chi connectivity index (χ1v) is 6.84. The summed E-state index contributed by atoms with van der Waals surface area (Å²) in [6.07, 6.45) is 1.39. The van der Waals surface area contributed by atoms with Gasteiger partial charge in [0, 0.05) is 11.8 Å². The topological polar surface area (TPSA) is 75.4 Å². The molecule has 0 fully saturated rings. The Bertz CT molecular complexity index is 587. The molecule has 1 heterocycles. The molecular formula is C12H16N2O3S. The minimum absolute atomic E-state index is 0.0112. The van der Waals surface area contributed by atoms with Gasteiger partial charge in [-0.2, -0.15) is 0 Å². The molecule has 0 bridgehead atoms. The summed E-state index contributed by atoms with van der Waals surface area (Å²) in [4.78, 5) is 4.13. The van der Waals surface area contributed by atoms with Crippen molar-refractivity contribution >= 4 is 27.9 Å². The highest BCUT2D eigenvalue weighted by Crippen LogP contribution is 2.33. The molecule has 1 unspecified atom stereocenters. The van der Waals surface area contributed by atoms with E-state index in [-0.39, 0.29) is 11.3 Å². The highest BCUT2D eigenvalue weighted by Gasteiger charge is 2.20. The fourth-order valence-electron chi connectivity index (χ4n) is 1.81. The average molecular weight is 268 g/mol. The Hall–Kier alpha value is -1.40. The van der Waals surface area contributed by atoms with Gasteiger partial charge in [0.1, 0.15) is 11.4 Å². The van der Waals surface area contributed by atoms with E-state index in [0.29, 0.717) is 5.58 Å². The first-order chi connectivity index (χ1) is 8.38. The van der Waals surface area contributed by atoms with Gasteiger partial charge in [0.05, 0.1) is 0 Å². The van der Waals surface area contributed by atoms with Crippen molar-refractivity contribution in [2.75, 3.05) is 11.2 Å². The molecule has 0 aliphatic heterocycles. The molecule has 1 aromatic carbocycles. The van der Waals surface area contributed by atoms with Gasteiger partial charge in [-0.15, -0.1) is 0 Å². The van der Waals surface area contributed by atoms with E-state index in [1.807, 2.05) is 12.1 Å². The molecule has 0 saturated heterocycles. The van der Waals surface area contributed by atoms with Crippen molar-refractivity contribution in [2.24, 2.45) is 0 Å². The molecule has 0 aliphatic rings. The number of nitrogens with zero attached hydrogens (tertiary/aromatic N) is 1. The largest absolute Gasteiger partial charge is 0.443 e. The molecule has 1 atom stereocenters. The fraction of sp³-hybridized carbons (Fsp3) is 0.417. The number of anilines is 1. The molecule has 1 aromatic heterocycles. The third-order valence-corrected chi connectivity index (χ3v) is 3.06. The second-order valence-electron chi connectivity index (χ2n) is 5.11. The van der Waals surface area contributed by atoms with Crippen molar-refractivity contribution in [1.82, 2.24) is 4.98 Å². The van der Waals surface area contributed by atoms with Crippen LogP contribution in [0.4, 0.5) is 5.69 Å². The van der Waals surface area contributed by atoms with Crippen LogP contribution in [0.3, 0.4) is 0 Å². The summed E-state index contributed by atoms with van der Waals surface area (Å²) in [5, 5.41) is 2.96. The van der Waals surface area contributed by atoms with Crippen LogP contribution in [0.25, 0.3) is 11.1 Å². The van der Waals surface area contributed by atoms with Gasteiger partial charge in [-0.3, -0.25) is 0 Å².